The van der Waals surface area contributed by atoms with Crippen molar-refractivity contribution >= 4 is 0 Å². The molecule has 2 heteroatoms. The molecule has 0 aromatic carbocycles. The molecule has 1 saturated heterocycles. The molecule has 0 aromatic rings. The molecule has 2 nitrogen and oxygen atoms in total. The predicted octanol–water partition coefficient (Wildman–Crippen LogP) is 0.525. The van der Waals surface area contributed by atoms with Gasteiger partial charge in [-0.15, -0.1) is 0 Å². The van der Waals surface area contributed by atoms with Crippen LogP contribution in [0, 0.1) is 0 Å². The summed E-state index contributed by atoms with van der Waals surface area (Å²) in [6, 6.07) is 0. The molecule has 2 aliphatic rings. The fourth-order valence-corrected chi connectivity index (χ4v) is 1.58. The topological polar surface area (TPSA) is 15.3 Å². The summed E-state index contributed by atoms with van der Waals surface area (Å²) >= 11 is 0. The van der Waals surface area contributed by atoms with Crippen LogP contribution in [-0.2, 0) is 0 Å². The molecule has 2 aliphatic heterocycles. The fraction of sp³-hybridized carbons (Fsp3) is 0.714. The molecule has 0 radical (unpaired) electrons. The molecule has 1 fully saturated rings. The lowest BCUT2D eigenvalue weighted by Gasteiger charge is -2.26. The Bertz CT molecular complexity index is 131. The number of hydrogen-bond acceptors (Lipinski definition) is 2. The van der Waals surface area contributed by atoms with E-state index in [4.69, 9.17) is 0 Å². The van der Waals surface area contributed by atoms with Gasteiger partial charge in [0, 0.05) is 13.1 Å². The molecule has 9 heavy (non-hydrogen) atoms. The highest BCUT2D eigenvalue weighted by Gasteiger charge is 2.21. The molecule has 2 rings (SSSR count). The first-order valence-electron chi connectivity index (χ1n) is 3.62. The fourth-order valence-electron chi connectivity index (χ4n) is 1.58. The molecule has 0 spiro atoms. The van der Waals surface area contributed by atoms with E-state index in [2.05, 4.69) is 22.5 Å². The lowest BCUT2D eigenvalue weighted by Crippen LogP contribution is -2.41. The highest BCUT2D eigenvalue weighted by molar-refractivity contribution is 4.96. The average Bonchev–Trinajstić information content (AvgIpc) is 2.33. The number of rotatable bonds is 0. The third-order valence-electron chi connectivity index (χ3n) is 2.06. The second-order valence-corrected chi connectivity index (χ2v) is 2.69. The number of hydrogen-bond donors (Lipinski definition) is 1. The van der Waals surface area contributed by atoms with Gasteiger partial charge in [0.1, 0.15) is 0 Å². The van der Waals surface area contributed by atoms with Crippen LogP contribution in [0.4, 0.5) is 0 Å². The summed E-state index contributed by atoms with van der Waals surface area (Å²) in [7, 11) is 0. The van der Waals surface area contributed by atoms with Crippen LogP contribution in [0.1, 0.15) is 12.8 Å². The van der Waals surface area contributed by atoms with Gasteiger partial charge in [0.25, 0.3) is 0 Å². The van der Waals surface area contributed by atoms with Crippen molar-refractivity contribution in [3.63, 3.8) is 0 Å². The van der Waals surface area contributed by atoms with Gasteiger partial charge in [-0.2, -0.15) is 0 Å². The van der Waals surface area contributed by atoms with Crippen molar-refractivity contribution in [2.75, 3.05) is 13.1 Å². The van der Waals surface area contributed by atoms with Gasteiger partial charge in [-0.05, 0) is 19.0 Å². The lowest BCUT2D eigenvalue weighted by atomic mass is 10.3. The Morgan fingerprint density at radius 2 is 2.56 bits per heavy atom. The summed E-state index contributed by atoms with van der Waals surface area (Å²) in [5.41, 5.74) is 0. The van der Waals surface area contributed by atoms with E-state index in [0.29, 0.717) is 6.17 Å². The largest absolute Gasteiger partial charge is 0.362 e. The number of fused-ring (bicyclic) bond motifs is 1. The zero-order valence-electron chi connectivity index (χ0n) is 5.51. The van der Waals surface area contributed by atoms with E-state index in [1.807, 2.05) is 0 Å². The minimum Gasteiger partial charge on any atom is -0.362 e. The van der Waals surface area contributed by atoms with Gasteiger partial charge in [-0.3, -0.25) is 5.32 Å². The Kier molecular flexibility index (Phi) is 1.19. The maximum absolute atomic E-state index is 3.42. The summed E-state index contributed by atoms with van der Waals surface area (Å²) in [6.07, 6.45) is 7.73. The predicted molar refractivity (Wildman–Crippen MR) is 36.9 cm³/mol. The molecule has 0 saturated carbocycles. The SMILES string of the molecule is C1=CN2CCC[C@H]2NC1. The van der Waals surface area contributed by atoms with Gasteiger partial charge < -0.3 is 4.90 Å². The molecule has 0 bridgehead atoms. The average molecular weight is 124 g/mol. The van der Waals surface area contributed by atoms with E-state index in [9.17, 15) is 0 Å². The quantitative estimate of drug-likeness (QED) is 0.506. The van der Waals surface area contributed by atoms with E-state index in [1.165, 1.54) is 19.4 Å². The van der Waals surface area contributed by atoms with E-state index in [-0.39, 0.29) is 0 Å². The van der Waals surface area contributed by atoms with Crippen molar-refractivity contribution in [2.45, 2.75) is 19.0 Å². The van der Waals surface area contributed by atoms with Crippen LogP contribution in [0.15, 0.2) is 12.3 Å². The van der Waals surface area contributed by atoms with Crippen molar-refractivity contribution in [3.05, 3.63) is 12.3 Å². The molecule has 0 aliphatic carbocycles. The zero-order valence-corrected chi connectivity index (χ0v) is 5.51. The minimum absolute atomic E-state index is 0.662. The normalized spacial score (nSPS) is 32.9. The molecule has 1 N–H and O–H groups in total. The van der Waals surface area contributed by atoms with Gasteiger partial charge in [0.15, 0.2) is 0 Å². The second kappa shape index (κ2) is 2.03. The third kappa shape index (κ3) is 0.833. The molecule has 0 amide bonds. The van der Waals surface area contributed by atoms with E-state index < -0.39 is 0 Å². The smallest absolute Gasteiger partial charge is 0.0793 e. The monoisotopic (exact) mass is 124 g/mol. The molecular formula is C7H12N2. The Labute approximate surface area is 55.5 Å². The van der Waals surface area contributed by atoms with Crippen LogP contribution in [0.3, 0.4) is 0 Å². The van der Waals surface area contributed by atoms with Crippen LogP contribution in [0.2, 0.25) is 0 Å². The van der Waals surface area contributed by atoms with Gasteiger partial charge in [0.05, 0.1) is 6.17 Å². The minimum atomic E-state index is 0.662. The summed E-state index contributed by atoms with van der Waals surface area (Å²) in [6.45, 7) is 2.30. The first kappa shape index (κ1) is 5.30. The lowest BCUT2D eigenvalue weighted by molar-refractivity contribution is 0.289. The first-order valence-corrected chi connectivity index (χ1v) is 3.62. The Morgan fingerprint density at radius 3 is 3.44 bits per heavy atom. The maximum Gasteiger partial charge on any atom is 0.0793 e. The van der Waals surface area contributed by atoms with E-state index >= 15 is 0 Å². The Hall–Kier alpha value is -0.500. The summed E-state index contributed by atoms with van der Waals surface area (Å²) in [5.74, 6) is 0. The summed E-state index contributed by atoms with van der Waals surface area (Å²) < 4.78 is 0. The van der Waals surface area contributed by atoms with Gasteiger partial charge in [-0.1, -0.05) is 6.08 Å². The van der Waals surface area contributed by atoms with Crippen LogP contribution >= 0.6 is 0 Å². The van der Waals surface area contributed by atoms with Crippen LogP contribution in [0.5, 0.6) is 0 Å². The van der Waals surface area contributed by atoms with Crippen LogP contribution in [-0.4, -0.2) is 24.2 Å². The van der Waals surface area contributed by atoms with Gasteiger partial charge in [0.2, 0.25) is 0 Å². The molecule has 1 atom stereocenters. The Balaban J connectivity index is 2.10. The van der Waals surface area contributed by atoms with Crippen molar-refractivity contribution in [2.24, 2.45) is 0 Å². The third-order valence-corrected chi connectivity index (χ3v) is 2.06. The molecule has 50 valence electrons. The number of nitrogens with zero attached hydrogens (tertiary/aromatic N) is 1. The van der Waals surface area contributed by atoms with Crippen molar-refractivity contribution in [3.8, 4) is 0 Å². The number of nitrogens with one attached hydrogen (secondary N) is 1. The van der Waals surface area contributed by atoms with Crippen LogP contribution < -0.4 is 5.32 Å². The molecule has 2 heterocycles. The zero-order chi connectivity index (χ0) is 6.10. The van der Waals surface area contributed by atoms with Crippen molar-refractivity contribution < 1.29 is 0 Å². The van der Waals surface area contributed by atoms with Gasteiger partial charge >= 0.3 is 0 Å². The second-order valence-electron chi connectivity index (χ2n) is 2.69. The van der Waals surface area contributed by atoms with E-state index in [1.54, 1.807) is 0 Å². The van der Waals surface area contributed by atoms with E-state index in [0.717, 1.165) is 6.54 Å². The first-order chi connectivity index (χ1) is 4.47. The highest BCUT2D eigenvalue weighted by atomic mass is 15.3. The Morgan fingerprint density at radius 1 is 1.56 bits per heavy atom. The molecule has 0 unspecified atom stereocenters. The molecule has 0 aromatic heterocycles. The van der Waals surface area contributed by atoms with Gasteiger partial charge in [-0.25, -0.2) is 0 Å². The summed E-state index contributed by atoms with van der Waals surface area (Å²) in [4.78, 5) is 2.38. The van der Waals surface area contributed by atoms with Crippen molar-refractivity contribution in [1.29, 1.82) is 0 Å². The standard InChI is InChI=1S/C7H12N2/c1-3-7-8-4-2-6-9(7)5-1/h2,6-8H,1,3-5H2/t7-/m0/s1. The van der Waals surface area contributed by atoms with Crippen molar-refractivity contribution in [1.82, 2.24) is 10.2 Å². The summed E-state index contributed by atoms with van der Waals surface area (Å²) in [5, 5.41) is 3.42. The van der Waals surface area contributed by atoms with Crippen LogP contribution in [0.25, 0.3) is 0 Å². The maximum atomic E-state index is 3.42. The molecular weight excluding hydrogens is 112 g/mol. The highest BCUT2D eigenvalue weighted by Crippen LogP contribution is 2.16.